The van der Waals surface area contributed by atoms with Gasteiger partial charge in [-0.2, -0.15) is 0 Å². The van der Waals surface area contributed by atoms with E-state index in [0.29, 0.717) is 18.8 Å². The molecule has 1 heterocycles. The average molecular weight is 208 g/mol. The van der Waals surface area contributed by atoms with E-state index in [1.165, 1.54) is 10.9 Å². The van der Waals surface area contributed by atoms with Gasteiger partial charge in [0.15, 0.2) is 0 Å². The molecule has 0 aliphatic heterocycles. The van der Waals surface area contributed by atoms with Gasteiger partial charge in [0.1, 0.15) is 6.20 Å². The molecule has 0 atom stereocenters. The van der Waals surface area contributed by atoms with Crippen molar-refractivity contribution in [1.29, 1.82) is 0 Å². The van der Waals surface area contributed by atoms with E-state index in [1.807, 2.05) is 0 Å². The lowest BCUT2D eigenvalue weighted by Crippen LogP contribution is -2.03. The lowest BCUT2D eigenvalue weighted by atomic mass is 10.4. The Morgan fingerprint density at radius 1 is 1.73 bits per heavy atom. The Morgan fingerprint density at radius 2 is 2.47 bits per heavy atom. The summed E-state index contributed by atoms with van der Waals surface area (Å²) >= 11 is 0. The van der Waals surface area contributed by atoms with Gasteiger partial charge in [0.05, 0.1) is 4.92 Å². The van der Waals surface area contributed by atoms with Gasteiger partial charge in [-0.25, -0.2) is 0 Å². The zero-order chi connectivity index (χ0) is 11.3. The Balaban J connectivity index is 2.66. The highest BCUT2D eigenvalue weighted by atomic mass is 16.6. The molecule has 0 bridgehead atoms. The van der Waals surface area contributed by atoms with E-state index >= 15 is 0 Å². The second kappa shape index (κ2) is 5.00. The van der Waals surface area contributed by atoms with Gasteiger partial charge in [-0.15, -0.1) is 16.9 Å². The fraction of sp³-hybridized carbons (Fsp3) is 0.444. The monoisotopic (exact) mass is 208 g/mol. The molecular weight excluding hydrogens is 196 g/mol. The van der Waals surface area contributed by atoms with Crippen molar-refractivity contribution in [3.8, 4) is 11.8 Å². The van der Waals surface area contributed by atoms with Crippen molar-refractivity contribution in [2.75, 3.05) is 11.9 Å². The highest BCUT2D eigenvalue weighted by Gasteiger charge is 2.17. The van der Waals surface area contributed by atoms with Crippen LogP contribution in [-0.2, 0) is 7.05 Å². The van der Waals surface area contributed by atoms with Gasteiger partial charge in [-0.1, -0.05) is 0 Å². The number of nitrogens with one attached hydrogen (secondary N) is 1. The standard InChI is InChI=1S/C9H12N4O2/c1-3-4-5-6-10-9-8(13(14)15)7-12(2)11-9/h7H,5-6H2,1-2H3,(H,10,11). The van der Waals surface area contributed by atoms with Crippen LogP contribution in [0.5, 0.6) is 0 Å². The molecule has 0 saturated heterocycles. The molecule has 0 aliphatic carbocycles. The van der Waals surface area contributed by atoms with Gasteiger partial charge in [0.25, 0.3) is 0 Å². The van der Waals surface area contributed by atoms with Gasteiger partial charge in [-0.05, 0) is 6.92 Å². The van der Waals surface area contributed by atoms with Crippen molar-refractivity contribution in [2.45, 2.75) is 13.3 Å². The van der Waals surface area contributed by atoms with Crippen molar-refractivity contribution in [1.82, 2.24) is 9.78 Å². The third-order valence-electron chi connectivity index (χ3n) is 1.73. The van der Waals surface area contributed by atoms with E-state index in [-0.39, 0.29) is 5.69 Å². The second-order valence-electron chi connectivity index (χ2n) is 2.90. The molecule has 15 heavy (non-hydrogen) atoms. The number of anilines is 1. The van der Waals surface area contributed by atoms with Gasteiger partial charge in [0.2, 0.25) is 5.82 Å². The average Bonchev–Trinajstić information content (AvgIpc) is 2.55. The van der Waals surface area contributed by atoms with Crippen LogP contribution in [0.15, 0.2) is 6.20 Å². The van der Waals surface area contributed by atoms with E-state index in [2.05, 4.69) is 22.3 Å². The Bertz CT molecular complexity index is 413. The minimum atomic E-state index is -0.458. The molecule has 1 aromatic rings. The first-order chi connectivity index (χ1) is 7.15. The molecule has 0 aromatic carbocycles. The van der Waals surface area contributed by atoms with Crippen LogP contribution >= 0.6 is 0 Å². The Kier molecular flexibility index (Phi) is 3.68. The van der Waals surface area contributed by atoms with Crippen molar-refractivity contribution in [2.24, 2.45) is 7.05 Å². The first-order valence-electron chi connectivity index (χ1n) is 4.46. The molecule has 0 aliphatic rings. The molecule has 6 heteroatoms. The third kappa shape index (κ3) is 2.98. The van der Waals surface area contributed by atoms with E-state index in [1.54, 1.807) is 14.0 Å². The smallest absolute Gasteiger partial charge is 0.330 e. The van der Waals surface area contributed by atoms with Crippen LogP contribution in [0.25, 0.3) is 0 Å². The number of nitrogens with zero attached hydrogens (tertiary/aromatic N) is 3. The molecule has 0 saturated carbocycles. The molecule has 0 amide bonds. The molecule has 1 aromatic heterocycles. The first kappa shape index (κ1) is 11.0. The second-order valence-corrected chi connectivity index (χ2v) is 2.90. The number of aromatic nitrogens is 2. The van der Waals surface area contributed by atoms with Gasteiger partial charge < -0.3 is 5.32 Å². The van der Waals surface area contributed by atoms with E-state index in [4.69, 9.17) is 0 Å². The predicted octanol–water partition coefficient (Wildman–Crippen LogP) is 1.15. The zero-order valence-corrected chi connectivity index (χ0v) is 8.65. The van der Waals surface area contributed by atoms with E-state index in [9.17, 15) is 10.1 Å². The van der Waals surface area contributed by atoms with Crippen LogP contribution in [0.4, 0.5) is 11.5 Å². The molecule has 0 spiro atoms. The molecule has 1 N–H and O–H groups in total. The highest BCUT2D eigenvalue weighted by Crippen LogP contribution is 2.20. The molecule has 6 nitrogen and oxygen atoms in total. The van der Waals surface area contributed by atoms with E-state index < -0.39 is 4.92 Å². The molecule has 1 rings (SSSR count). The predicted molar refractivity (Wildman–Crippen MR) is 56.4 cm³/mol. The highest BCUT2D eigenvalue weighted by molar-refractivity contribution is 5.54. The Labute approximate surface area is 87.4 Å². The summed E-state index contributed by atoms with van der Waals surface area (Å²) in [5.74, 6) is 5.90. The minimum absolute atomic E-state index is 0.0121. The SMILES string of the molecule is CC#CCCNc1nn(C)cc1[N+](=O)[O-]. The molecule has 80 valence electrons. The molecule has 0 fully saturated rings. The van der Waals surface area contributed by atoms with Gasteiger partial charge in [-0.3, -0.25) is 14.8 Å². The largest absolute Gasteiger partial charge is 0.362 e. The van der Waals surface area contributed by atoms with Crippen molar-refractivity contribution < 1.29 is 4.92 Å². The molecule has 0 radical (unpaired) electrons. The van der Waals surface area contributed by atoms with Crippen molar-refractivity contribution in [3.63, 3.8) is 0 Å². The summed E-state index contributed by atoms with van der Waals surface area (Å²) in [6.45, 7) is 2.31. The number of aryl methyl sites for hydroxylation is 1. The summed E-state index contributed by atoms with van der Waals surface area (Å²) in [5, 5.41) is 17.4. The lowest BCUT2D eigenvalue weighted by Gasteiger charge is -1.97. The van der Waals surface area contributed by atoms with Crippen LogP contribution in [0, 0.1) is 22.0 Å². The normalized spacial score (nSPS) is 9.20. The number of hydrogen-bond acceptors (Lipinski definition) is 4. The summed E-state index contributed by atoms with van der Waals surface area (Å²) in [6, 6.07) is 0. The number of hydrogen-bond donors (Lipinski definition) is 1. The molecule has 0 unspecified atom stereocenters. The lowest BCUT2D eigenvalue weighted by molar-refractivity contribution is -0.384. The summed E-state index contributed by atoms with van der Waals surface area (Å²) < 4.78 is 1.41. The van der Waals surface area contributed by atoms with Crippen molar-refractivity contribution in [3.05, 3.63) is 16.3 Å². The fourth-order valence-electron chi connectivity index (χ4n) is 1.10. The fourth-order valence-corrected chi connectivity index (χ4v) is 1.10. The van der Waals surface area contributed by atoms with Crippen LogP contribution < -0.4 is 5.32 Å². The van der Waals surface area contributed by atoms with E-state index in [0.717, 1.165) is 0 Å². The number of nitro groups is 1. The van der Waals surface area contributed by atoms with Crippen LogP contribution in [-0.4, -0.2) is 21.2 Å². The first-order valence-corrected chi connectivity index (χ1v) is 4.46. The zero-order valence-electron chi connectivity index (χ0n) is 8.65. The minimum Gasteiger partial charge on any atom is -0.362 e. The van der Waals surface area contributed by atoms with Crippen LogP contribution in [0.3, 0.4) is 0 Å². The summed E-state index contributed by atoms with van der Waals surface area (Å²) in [4.78, 5) is 10.2. The van der Waals surface area contributed by atoms with Crippen LogP contribution in [0.1, 0.15) is 13.3 Å². The quantitative estimate of drug-likeness (QED) is 0.348. The summed E-state index contributed by atoms with van der Waals surface area (Å²) in [5.41, 5.74) is -0.0121. The maximum absolute atomic E-state index is 10.6. The topological polar surface area (TPSA) is 73.0 Å². The van der Waals surface area contributed by atoms with Gasteiger partial charge >= 0.3 is 5.69 Å². The van der Waals surface area contributed by atoms with Crippen molar-refractivity contribution >= 4 is 11.5 Å². The summed E-state index contributed by atoms with van der Waals surface area (Å²) in [6.07, 6.45) is 2.01. The summed E-state index contributed by atoms with van der Waals surface area (Å²) in [7, 11) is 1.64. The van der Waals surface area contributed by atoms with Crippen LogP contribution in [0.2, 0.25) is 0 Å². The maximum Gasteiger partial charge on any atom is 0.330 e. The Morgan fingerprint density at radius 3 is 3.07 bits per heavy atom. The maximum atomic E-state index is 10.6. The van der Waals surface area contributed by atoms with Gasteiger partial charge in [0, 0.05) is 20.0 Å². The molecular formula is C9H12N4O2. The Hall–Kier alpha value is -2.03. The third-order valence-corrected chi connectivity index (χ3v) is 1.73. The number of rotatable bonds is 4.